The van der Waals surface area contributed by atoms with E-state index < -0.39 is 6.10 Å². The fourth-order valence-corrected chi connectivity index (χ4v) is 2.57. The lowest BCUT2D eigenvalue weighted by Gasteiger charge is -2.25. The molecule has 1 atom stereocenters. The van der Waals surface area contributed by atoms with Crippen molar-refractivity contribution in [1.82, 2.24) is 5.32 Å². The number of hydrogen-bond acceptors (Lipinski definition) is 6. The Morgan fingerprint density at radius 3 is 2.76 bits per heavy atom. The summed E-state index contributed by atoms with van der Waals surface area (Å²) in [4.78, 5) is 12.2. The van der Waals surface area contributed by atoms with Crippen molar-refractivity contribution in [2.24, 2.45) is 0 Å². The number of benzene rings is 2. The highest BCUT2D eigenvalue weighted by molar-refractivity contribution is 5.81. The molecule has 2 aliphatic rings. The molecule has 2 aromatic carbocycles. The predicted octanol–water partition coefficient (Wildman–Crippen LogP) is 1.75. The molecule has 2 heterocycles. The topological polar surface area (TPSA) is 75.3 Å². The molecule has 0 aromatic heterocycles. The molecule has 25 heavy (non-hydrogen) atoms. The van der Waals surface area contributed by atoms with Gasteiger partial charge in [0.25, 0.3) is 5.91 Å². The Morgan fingerprint density at radius 1 is 1.04 bits per heavy atom. The van der Waals surface area contributed by atoms with E-state index in [2.05, 4.69) is 5.32 Å². The molecule has 0 radical (unpaired) electrons. The summed E-state index contributed by atoms with van der Waals surface area (Å²) in [5, 5.41) is 2.78. The largest absolute Gasteiger partial charge is 0.492 e. The first-order valence-corrected chi connectivity index (χ1v) is 7.98. The third-order valence-corrected chi connectivity index (χ3v) is 3.82. The quantitative estimate of drug-likeness (QED) is 0.834. The molecular formula is C18H17NO6. The van der Waals surface area contributed by atoms with Crippen LogP contribution in [0, 0.1) is 0 Å². The van der Waals surface area contributed by atoms with Gasteiger partial charge in [-0.25, -0.2) is 0 Å². The predicted molar refractivity (Wildman–Crippen MR) is 87.4 cm³/mol. The number of para-hydroxylation sites is 2. The third-order valence-electron chi connectivity index (χ3n) is 3.82. The minimum absolute atomic E-state index is 0.186. The lowest BCUT2D eigenvalue weighted by atomic mass is 10.2. The van der Waals surface area contributed by atoms with Crippen LogP contribution < -0.4 is 29.0 Å². The second-order valence-corrected chi connectivity index (χ2v) is 5.52. The molecule has 1 N–H and O–H groups in total. The lowest BCUT2D eigenvalue weighted by molar-refractivity contribution is -0.130. The van der Waals surface area contributed by atoms with E-state index in [9.17, 15) is 4.79 Å². The molecule has 0 unspecified atom stereocenters. The Balaban J connectivity index is 1.23. The molecule has 7 nitrogen and oxygen atoms in total. The zero-order valence-corrected chi connectivity index (χ0v) is 13.4. The number of ether oxygens (including phenoxy) is 5. The molecular weight excluding hydrogens is 326 g/mol. The van der Waals surface area contributed by atoms with Crippen LogP contribution >= 0.6 is 0 Å². The van der Waals surface area contributed by atoms with Crippen LogP contribution in [0.3, 0.4) is 0 Å². The van der Waals surface area contributed by atoms with E-state index in [1.807, 2.05) is 18.2 Å². The van der Waals surface area contributed by atoms with Gasteiger partial charge in [-0.05, 0) is 24.3 Å². The van der Waals surface area contributed by atoms with E-state index in [4.69, 9.17) is 23.7 Å². The normalized spacial score (nSPS) is 17.0. The van der Waals surface area contributed by atoms with Gasteiger partial charge in [0.05, 0.1) is 6.54 Å². The van der Waals surface area contributed by atoms with E-state index >= 15 is 0 Å². The van der Waals surface area contributed by atoms with Crippen molar-refractivity contribution in [3.63, 3.8) is 0 Å². The van der Waals surface area contributed by atoms with Crippen LogP contribution in [0.2, 0.25) is 0 Å². The second-order valence-electron chi connectivity index (χ2n) is 5.52. The van der Waals surface area contributed by atoms with E-state index in [1.165, 1.54) is 0 Å². The zero-order valence-electron chi connectivity index (χ0n) is 13.4. The van der Waals surface area contributed by atoms with Gasteiger partial charge in [0.2, 0.25) is 12.9 Å². The molecule has 2 aromatic rings. The molecule has 4 rings (SSSR count). The monoisotopic (exact) mass is 343 g/mol. The zero-order chi connectivity index (χ0) is 17.1. The van der Waals surface area contributed by atoms with E-state index in [-0.39, 0.29) is 19.3 Å². The van der Waals surface area contributed by atoms with Crippen molar-refractivity contribution < 1.29 is 28.5 Å². The van der Waals surface area contributed by atoms with Gasteiger partial charge in [-0.3, -0.25) is 4.79 Å². The highest BCUT2D eigenvalue weighted by atomic mass is 16.7. The lowest BCUT2D eigenvalue weighted by Crippen LogP contribution is -2.45. The van der Waals surface area contributed by atoms with E-state index in [1.54, 1.807) is 24.3 Å². The standard InChI is InChI=1S/C18H17NO6/c20-18(17-10-22-13-3-1-2-4-15(13)25-17)19-7-8-21-12-5-6-14-16(9-12)24-11-23-14/h1-6,9,17H,7-8,10-11H2,(H,19,20)/t17-/m1/s1. The van der Waals surface area contributed by atoms with Gasteiger partial charge in [0.15, 0.2) is 23.0 Å². The van der Waals surface area contributed by atoms with Crippen molar-refractivity contribution in [2.45, 2.75) is 6.10 Å². The molecule has 2 aliphatic heterocycles. The number of carbonyl (C=O) groups is 1. The summed E-state index contributed by atoms with van der Waals surface area (Å²) in [5.74, 6) is 3.01. The van der Waals surface area contributed by atoms with Gasteiger partial charge < -0.3 is 29.0 Å². The smallest absolute Gasteiger partial charge is 0.264 e. The summed E-state index contributed by atoms with van der Waals surface area (Å²) in [7, 11) is 0. The van der Waals surface area contributed by atoms with Crippen LogP contribution in [-0.2, 0) is 4.79 Å². The van der Waals surface area contributed by atoms with Gasteiger partial charge in [0.1, 0.15) is 19.0 Å². The minimum atomic E-state index is -0.666. The number of rotatable bonds is 5. The Hall–Kier alpha value is -3.09. The van der Waals surface area contributed by atoms with Crippen molar-refractivity contribution in [2.75, 3.05) is 26.6 Å². The molecule has 0 fully saturated rings. The second kappa shape index (κ2) is 6.80. The number of fused-ring (bicyclic) bond motifs is 2. The van der Waals surface area contributed by atoms with Crippen molar-refractivity contribution >= 4 is 5.91 Å². The van der Waals surface area contributed by atoms with Crippen LogP contribution in [0.4, 0.5) is 0 Å². The van der Waals surface area contributed by atoms with Crippen LogP contribution in [0.1, 0.15) is 0 Å². The Labute approximate surface area is 144 Å². The molecule has 0 aliphatic carbocycles. The van der Waals surface area contributed by atoms with Crippen LogP contribution in [-0.4, -0.2) is 38.6 Å². The maximum Gasteiger partial charge on any atom is 0.264 e. The summed E-state index contributed by atoms with van der Waals surface area (Å²) in [6.07, 6.45) is -0.666. The summed E-state index contributed by atoms with van der Waals surface area (Å²) in [6, 6.07) is 12.6. The Bertz CT molecular complexity index is 778. The molecule has 130 valence electrons. The van der Waals surface area contributed by atoms with Crippen LogP contribution in [0.5, 0.6) is 28.7 Å². The number of carbonyl (C=O) groups excluding carboxylic acids is 1. The molecule has 1 amide bonds. The fourth-order valence-electron chi connectivity index (χ4n) is 2.57. The first-order valence-electron chi connectivity index (χ1n) is 7.98. The first kappa shape index (κ1) is 15.4. The minimum Gasteiger partial charge on any atom is -0.492 e. The van der Waals surface area contributed by atoms with Crippen molar-refractivity contribution in [1.29, 1.82) is 0 Å². The maximum atomic E-state index is 12.2. The van der Waals surface area contributed by atoms with Crippen LogP contribution in [0.25, 0.3) is 0 Å². The SMILES string of the molecule is O=C(NCCOc1ccc2c(c1)OCO2)[C@H]1COc2ccccc2O1. The average molecular weight is 343 g/mol. The maximum absolute atomic E-state index is 12.2. The number of nitrogens with one attached hydrogen (secondary N) is 1. The first-order chi connectivity index (χ1) is 12.3. The fraction of sp³-hybridized carbons (Fsp3) is 0.278. The number of amides is 1. The highest BCUT2D eigenvalue weighted by Gasteiger charge is 2.26. The Morgan fingerprint density at radius 2 is 1.84 bits per heavy atom. The van der Waals surface area contributed by atoms with E-state index in [0.29, 0.717) is 41.9 Å². The van der Waals surface area contributed by atoms with Gasteiger partial charge in [-0.15, -0.1) is 0 Å². The van der Waals surface area contributed by atoms with Gasteiger partial charge in [-0.1, -0.05) is 12.1 Å². The summed E-state index contributed by atoms with van der Waals surface area (Å²) >= 11 is 0. The molecule has 0 saturated heterocycles. The molecule has 0 spiro atoms. The van der Waals surface area contributed by atoms with Gasteiger partial charge in [0, 0.05) is 6.07 Å². The average Bonchev–Trinajstić information content (AvgIpc) is 3.12. The van der Waals surface area contributed by atoms with Crippen LogP contribution in [0.15, 0.2) is 42.5 Å². The Kier molecular flexibility index (Phi) is 4.20. The van der Waals surface area contributed by atoms with Gasteiger partial charge >= 0.3 is 0 Å². The molecule has 0 bridgehead atoms. The molecule has 0 saturated carbocycles. The third kappa shape index (κ3) is 3.40. The molecule has 7 heteroatoms. The highest BCUT2D eigenvalue weighted by Crippen LogP contribution is 2.35. The van der Waals surface area contributed by atoms with Crippen molar-refractivity contribution in [3.8, 4) is 28.7 Å². The van der Waals surface area contributed by atoms with Crippen molar-refractivity contribution in [3.05, 3.63) is 42.5 Å². The van der Waals surface area contributed by atoms with Gasteiger partial charge in [-0.2, -0.15) is 0 Å². The summed E-state index contributed by atoms with van der Waals surface area (Å²) in [6.45, 7) is 1.09. The number of hydrogen-bond donors (Lipinski definition) is 1. The van der Waals surface area contributed by atoms with E-state index in [0.717, 1.165) is 0 Å². The summed E-state index contributed by atoms with van der Waals surface area (Å²) in [5.41, 5.74) is 0. The summed E-state index contributed by atoms with van der Waals surface area (Å²) < 4.78 is 27.3.